The molecule has 8 aliphatic rings. The molecule has 5 aromatic carbocycles. The Labute approximate surface area is 319 Å². The molecule has 4 atom stereocenters. The molecule has 0 aliphatic heterocycles. The van der Waals surface area contributed by atoms with E-state index in [0.717, 1.165) is 51.4 Å². The lowest BCUT2D eigenvalue weighted by atomic mass is 9.67. The van der Waals surface area contributed by atoms with Gasteiger partial charge in [-0.15, -0.1) is 0 Å². The minimum atomic E-state index is 0.474. The van der Waals surface area contributed by atoms with E-state index in [1.54, 1.807) is 0 Å². The molecule has 8 aromatic rings. The van der Waals surface area contributed by atoms with Gasteiger partial charge in [0.2, 0.25) is 0 Å². The van der Waals surface area contributed by atoms with E-state index in [1.165, 1.54) is 147 Å². The van der Waals surface area contributed by atoms with Gasteiger partial charge in [0.25, 0.3) is 0 Å². The SMILES string of the molecule is Cc1ccc2oc3ccccc3c2c1-c1cc2c3c4c(c(C#N)cc3n3c5cc(C#N)c6c(c5c(c1)c23)C1CC2CC(CC6C2)C1)C1CC2CC(C1)CC4C2. The summed E-state index contributed by atoms with van der Waals surface area (Å²) in [5.74, 6) is 4.97. The molecule has 266 valence electrons. The minimum absolute atomic E-state index is 0.474. The van der Waals surface area contributed by atoms with E-state index in [1.807, 2.05) is 0 Å². The average Bonchev–Trinajstić information content (AvgIpc) is 3.75. The maximum Gasteiger partial charge on any atom is 0.136 e. The fourth-order valence-corrected chi connectivity index (χ4v) is 14.9. The highest BCUT2D eigenvalue weighted by Gasteiger charge is 2.46. The van der Waals surface area contributed by atoms with Gasteiger partial charge in [-0.05, 0) is 194 Å². The highest BCUT2D eigenvalue weighted by molar-refractivity contribution is 6.27. The molecule has 4 saturated carbocycles. The minimum Gasteiger partial charge on any atom is -0.456 e. The van der Waals surface area contributed by atoms with Crippen molar-refractivity contribution in [3.63, 3.8) is 0 Å². The first-order chi connectivity index (χ1) is 27.0. The molecule has 0 N–H and O–H groups in total. The highest BCUT2D eigenvalue weighted by atomic mass is 16.3. The van der Waals surface area contributed by atoms with Gasteiger partial charge in [0.1, 0.15) is 11.2 Å². The summed E-state index contributed by atoms with van der Waals surface area (Å²) in [6.45, 7) is 2.26. The molecular formula is C51H41N3O. The van der Waals surface area contributed by atoms with Crippen molar-refractivity contribution in [2.45, 2.75) is 94.8 Å². The second-order valence-corrected chi connectivity index (χ2v) is 19.1. The number of nitrogens with zero attached hydrogens (tertiary/aromatic N) is 3. The zero-order valence-electron chi connectivity index (χ0n) is 31.2. The van der Waals surface area contributed by atoms with Crippen LogP contribution in [0.15, 0.2) is 65.1 Å². The van der Waals surface area contributed by atoms with Crippen LogP contribution in [0.25, 0.3) is 71.2 Å². The summed E-state index contributed by atoms with van der Waals surface area (Å²) in [6.07, 6.45) is 12.6. The normalized spacial score (nSPS) is 28.8. The lowest BCUT2D eigenvalue weighted by Gasteiger charge is -2.38. The molecule has 0 saturated heterocycles. The number of benzene rings is 5. The summed E-state index contributed by atoms with van der Waals surface area (Å²) < 4.78 is 9.06. The smallest absolute Gasteiger partial charge is 0.136 e. The standard InChI is InChI=1S/C51H41N3O/c1-24-6-7-42-50(36-4-2-3-5-41(36)55-42)43(24)33-18-37-48-39(20-34(22-52)44-29-10-25-8-26(11-29)15-31(14-25)46(44)48)54-40-21-35(23-53)45-30-12-27-9-28(13-30)17-32(16-27)47(45)49(40)38(19-33)51(37)54/h2-7,18-21,25-32H,8-17H2,1H3. The molecule has 0 radical (unpaired) electrons. The third-order valence-corrected chi connectivity index (χ3v) is 16.3. The third-order valence-electron chi connectivity index (χ3n) is 16.3. The van der Waals surface area contributed by atoms with Gasteiger partial charge in [-0.25, -0.2) is 0 Å². The molecule has 4 heteroatoms. The van der Waals surface area contributed by atoms with Gasteiger partial charge < -0.3 is 8.82 Å². The van der Waals surface area contributed by atoms with E-state index in [2.05, 4.69) is 84.1 Å². The fourth-order valence-electron chi connectivity index (χ4n) is 14.9. The Morgan fingerprint density at radius 1 is 0.545 bits per heavy atom. The monoisotopic (exact) mass is 711 g/mol. The van der Waals surface area contributed by atoms with Crippen molar-refractivity contribution >= 4 is 60.0 Å². The predicted octanol–water partition coefficient (Wildman–Crippen LogP) is 13.2. The number of nitriles is 2. The maximum absolute atomic E-state index is 11.0. The Morgan fingerprint density at radius 2 is 1.05 bits per heavy atom. The van der Waals surface area contributed by atoms with E-state index in [-0.39, 0.29) is 0 Å². The van der Waals surface area contributed by atoms with Crippen LogP contribution in [0, 0.1) is 53.3 Å². The molecule has 4 nitrogen and oxygen atoms in total. The van der Waals surface area contributed by atoms with Crippen molar-refractivity contribution < 1.29 is 4.42 Å². The maximum atomic E-state index is 11.0. The molecule has 4 unspecified atom stereocenters. The first-order valence-corrected chi connectivity index (χ1v) is 21.1. The number of aryl methyl sites for hydroxylation is 1. The first-order valence-electron chi connectivity index (χ1n) is 21.1. The lowest BCUT2D eigenvalue weighted by molar-refractivity contribution is 0.166. The van der Waals surface area contributed by atoms with E-state index in [4.69, 9.17) is 4.42 Å². The molecule has 3 aromatic heterocycles. The van der Waals surface area contributed by atoms with E-state index < -0.39 is 0 Å². The van der Waals surface area contributed by atoms with E-state index in [0.29, 0.717) is 23.7 Å². The van der Waals surface area contributed by atoms with Gasteiger partial charge in [0.05, 0.1) is 39.8 Å². The van der Waals surface area contributed by atoms with Crippen molar-refractivity contribution in [1.29, 1.82) is 10.5 Å². The van der Waals surface area contributed by atoms with Gasteiger partial charge in [0, 0.05) is 32.3 Å². The quantitative estimate of drug-likeness (QED) is 0.170. The molecular weight excluding hydrogens is 671 g/mol. The number of furan rings is 1. The summed E-state index contributed by atoms with van der Waals surface area (Å²) in [4.78, 5) is 0. The molecule has 4 fully saturated rings. The number of rotatable bonds is 1. The Balaban J connectivity index is 1.21. The van der Waals surface area contributed by atoms with Crippen LogP contribution in [0.1, 0.15) is 127 Å². The zero-order chi connectivity index (χ0) is 36.0. The van der Waals surface area contributed by atoms with Crippen LogP contribution in [-0.4, -0.2) is 4.40 Å². The molecule has 0 amide bonds. The summed E-state index contributed by atoms with van der Waals surface area (Å²) in [7, 11) is 0. The summed E-state index contributed by atoms with van der Waals surface area (Å²) >= 11 is 0. The second-order valence-electron chi connectivity index (χ2n) is 19.1. The molecule has 3 heterocycles. The third kappa shape index (κ3) is 3.64. The Morgan fingerprint density at radius 3 is 1.58 bits per heavy atom. The first kappa shape index (κ1) is 30.0. The molecule has 16 rings (SSSR count). The predicted molar refractivity (Wildman–Crippen MR) is 219 cm³/mol. The van der Waals surface area contributed by atoms with Crippen LogP contribution >= 0.6 is 0 Å². The van der Waals surface area contributed by atoms with Gasteiger partial charge in [-0.2, -0.15) is 10.5 Å². The van der Waals surface area contributed by atoms with Crippen molar-refractivity contribution in [3.8, 4) is 23.3 Å². The van der Waals surface area contributed by atoms with Crippen LogP contribution in [0.2, 0.25) is 0 Å². The van der Waals surface area contributed by atoms with Crippen molar-refractivity contribution in [1.82, 2.24) is 4.40 Å². The van der Waals surface area contributed by atoms with Gasteiger partial charge in [-0.1, -0.05) is 24.3 Å². The van der Waals surface area contributed by atoms with Gasteiger partial charge in [0.15, 0.2) is 0 Å². The molecule has 8 aliphatic carbocycles. The second kappa shape index (κ2) is 10.1. The van der Waals surface area contributed by atoms with Crippen LogP contribution in [-0.2, 0) is 0 Å². The number of hydrogen-bond donors (Lipinski definition) is 0. The Kier molecular flexibility index (Phi) is 5.50. The van der Waals surface area contributed by atoms with Crippen molar-refractivity contribution in [2.75, 3.05) is 0 Å². The largest absolute Gasteiger partial charge is 0.456 e. The number of para-hydroxylation sites is 1. The van der Waals surface area contributed by atoms with E-state index >= 15 is 0 Å². The molecule has 8 bridgehead atoms. The number of fused-ring (bicyclic) bond motifs is 9. The van der Waals surface area contributed by atoms with Crippen molar-refractivity contribution in [2.24, 2.45) is 23.7 Å². The topological polar surface area (TPSA) is 65.1 Å². The Bertz CT molecular complexity index is 2990. The summed E-state index contributed by atoms with van der Waals surface area (Å²) in [5.41, 5.74) is 16.8. The van der Waals surface area contributed by atoms with Gasteiger partial charge >= 0.3 is 0 Å². The van der Waals surface area contributed by atoms with Crippen molar-refractivity contribution in [3.05, 3.63) is 99.6 Å². The van der Waals surface area contributed by atoms with Crippen LogP contribution in [0.3, 0.4) is 0 Å². The number of hydrogen-bond acceptors (Lipinski definition) is 3. The van der Waals surface area contributed by atoms with Crippen LogP contribution in [0.4, 0.5) is 0 Å². The summed E-state index contributed by atoms with van der Waals surface area (Å²) in [6, 6.07) is 28.0. The zero-order valence-corrected chi connectivity index (χ0v) is 31.2. The van der Waals surface area contributed by atoms with Crippen LogP contribution < -0.4 is 0 Å². The Hall–Kier alpha value is -5.32. The highest BCUT2D eigenvalue weighted by Crippen LogP contribution is 2.62. The van der Waals surface area contributed by atoms with E-state index in [9.17, 15) is 10.5 Å². The average molecular weight is 712 g/mol. The molecule has 0 spiro atoms. The van der Waals surface area contributed by atoms with Gasteiger partial charge in [-0.3, -0.25) is 0 Å². The lowest BCUT2D eigenvalue weighted by Crippen LogP contribution is -2.25. The van der Waals surface area contributed by atoms with Crippen LogP contribution in [0.5, 0.6) is 0 Å². The number of aromatic nitrogens is 1. The molecule has 55 heavy (non-hydrogen) atoms. The summed E-state index contributed by atoms with van der Waals surface area (Å²) in [5, 5.41) is 29.7. The fraction of sp³-hybridized carbons (Fsp3) is 0.373.